The molecule has 0 aliphatic heterocycles. The van der Waals surface area contributed by atoms with E-state index in [2.05, 4.69) is 11.1 Å². The Morgan fingerprint density at radius 1 is 1.33 bits per heavy atom. The summed E-state index contributed by atoms with van der Waals surface area (Å²) in [5.74, 6) is 0.347. The van der Waals surface area contributed by atoms with Crippen LogP contribution in [-0.4, -0.2) is 54.9 Å². The van der Waals surface area contributed by atoms with Crippen LogP contribution in [0.5, 0.6) is 0 Å². The van der Waals surface area contributed by atoms with Crippen molar-refractivity contribution in [1.82, 2.24) is 14.2 Å². The topological polar surface area (TPSA) is 70.6 Å². The fourth-order valence-corrected chi connectivity index (χ4v) is 4.03. The number of pyridine rings is 1. The van der Waals surface area contributed by atoms with Crippen LogP contribution in [0.3, 0.4) is 0 Å². The number of rotatable bonds is 7. The molecule has 0 unspecified atom stereocenters. The van der Waals surface area contributed by atoms with Gasteiger partial charge in [-0.2, -0.15) is 0 Å². The highest BCUT2D eigenvalue weighted by atomic mass is 32.2. The van der Waals surface area contributed by atoms with E-state index in [-0.39, 0.29) is 16.6 Å². The van der Waals surface area contributed by atoms with Gasteiger partial charge in [0.15, 0.2) is 0 Å². The molecule has 0 radical (unpaired) electrons. The third kappa shape index (κ3) is 4.37. The van der Waals surface area contributed by atoms with Crippen LogP contribution in [0.4, 0.5) is 0 Å². The maximum atomic E-state index is 12.4. The van der Waals surface area contributed by atoms with E-state index in [1.807, 2.05) is 11.8 Å². The quantitative estimate of drug-likeness (QED) is 0.690. The minimum atomic E-state index is -3.47. The molecule has 2 rings (SSSR count). The normalized spacial score (nSPS) is 14.8. The predicted octanol–water partition coefficient (Wildman–Crippen LogP) is 2.34. The Hall–Kier alpha value is -1.38. The number of hydrogen-bond acceptors (Lipinski definition) is 5. The number of thioether (sulfide) groups is 1. The molecule has 0 spiro atoms. The first kappa shape index (κ1) is 19.0. The van der Waals surface area contributed by atoms with E-state index in [4.69, 9.17) is 0 Å². The molecule has 8 heteroatoms. The molecule has 132 valence electrons. The predicted molar refractivity (Wildman–Crippen MR) is 95.2 cm³/mol. The minimum Gasteiger partial charge on any atom is -0.316 e. The van der Waals surface area contributed by atoms with E-state index in [1.165, 1.54) is 38.1 Å². The van der Waals surface area contributed by atoms with Crippen LogP contribution in [0.15, 0.2) is 40.0 Å². The fourth-order valence-electron chi connectivity index (χ4n) is 2.47. The SMILES string of the molecule is CCN(C(=O)CSc1ccc(S(=O)(=O)N(C)C)cn1)C1=CCCC1. The zero-order valence-corrected chi connectivity index (χ0v) is 15.9. The summed E-state index contributed by atoms with van der Waals surface area (Å²) in [6.45, 7) is 2.64. The summed E-state index contributed by atoms with van der Waals surface area (Å²) in [6, 6.07) is 3.16. The molecule has 0 saturated carbocycles. The number of aromatic nitrogens is 1. The Kier molecular flexibility index (Phi) is 6.42. The van der Waals surface area contributed by atoms with Crippen molar-refractivity contribution in [2.75, 3.05) is 26.4 Å². The van der Waals surface area contributed by atoms with Crippen molar-refractivity contribution < 1.29 is 13.2 Å². The van der Waals surface area contributed by atoms with Crippen molar-refractivity contribution in [3.63, 3.8) is 0 Å². The first-order valence-corrected chi connectivity index (χ1v) is 10.3. The van der Waals surface area contributed by atoms with Crippen molar-refractivity contribution in [2.24, 2.45) is 0 Å². The molecule has 1 aromatic rings. The van der Waals surface area contributed by atoms with Gasteiger partial charge in [0.05, 0.1) is 10.8 Å². The average Bonchev–Trinajstić information content (AvgIpc) is 3.08. The first-order chi connectivity index (χ1) is 11.4. The number of hydrogen-bond donors (Lipinski definition) is 0. The van der Waals surface area contributed by atoms with Crippen molar-refractivity contribution in [1.29, 1.82) is 0 Å². The van der Waals surface area contributed by atoms with Gasteiger partial charge in [0.25, 0.3) is 0 Å². The molecule has 1 aliphatic rings. The van der Waals surface area contributed by atoms with Gasteiger partial charge in [0.2, 0.25) is 15.9 Å². The van der Waals surface area contributed by atoms with Crippen molar-refractivity contribution in [3.05, 3.63) is 30.1 Å². The second kappa shape index (κ2) is 8.13. The van der Waals surface area contributed by atoms with Gasteiger partial charge < -0.3 is 4.90 Å². The number of sulfonamides is 1. The molecule has 0 atom stereocenters. The monoisotopic (exact) mass is 369 g/mol. The maximum absolute atomic E-state index is 12.4. The van der Waals surface area contributed by atoms with Crippen molar-refractivity contribution >= 4 is 27.7 Å². The number of nitrogens with zero attached hydrogens (tertiary/aromatic N) is 3. The summed E-state index contributed by atoms with van der Waals surface area (Å²) in [7, 11) is -0.515. The second-order valence-electron chi connectivity index (χ2n) is 5.63. The Morgan fingerprint density at radius 3 is 2.58 bits per heavy atom. The molecule has 1 heterocycles. The van der Waals surface area contributed by atoms with Crippen LogP contribution >= 0.6 is 11.8 Å². The first-order valence-electron chi connectivity index (χ1n) is 7.87. The van der Waals surface area contributed by atoms with E-state index in [0.717, 1.165) is 29.3 Å². The molecule has 0 fully saturated rings. The summed E-state index contributed by atoms with van der Waals surface area (Å²) in [6.07, 6.45) is 6.56. The van der Waals surface area contributed by atoms with Crippen LogP contribution in [0, 0.1) is 0 Å². The van der Waals surface area contributed by atoms with Crippen molar-refractivity contribution in [3.8, 4) is 0 Å². The lowest BCUT2D eigenvalue weighted by Crippen LogP contribution is -2.31. The molecule has 0 N–H and O–H groups in total. The molecule has 0 bridgehead atoms. The highest BCUT2D eigenvalue weighted by Gasteiger charge is 2.20. The number of allylic oxidation sites excluding steroid dienone is 2. The zero-order chi connectivity index (χ0) is 17.7. The summed E-state index contributed by atoms with van der Waals surface area (Å²) in [4.78, 5) is 18.5. The van der Waals surface area contributed by atoms with E-state index in [1.54, 1.807) is 6.07 Å². The Morgan fingerprint density at radius 2 is 2.08 bits per heavy atom. The molecule has 24 heavy (non-hydrogen) atoms. The Balaban J connectivity index is 1.98. The van der Waals surface area contributed by atoms with Gasteiger partial charge in [0.1, 0.15) is 4.90 Å². The maximum Gasteiger partial charge on any atom is 0.244 e. The second-order valence-corrected chi connectivity index (χ2v) is 8.78. The van der Waals surface area contributed by atoms with Crippen LogP contribution < -0.4 is 0 Å². The van der Waals surface area contributed by atoms with Gasteiger partial charge in [-0.05, 0) is 38.3 Å². The summed E-state index contributed by atoms with van der Waals surface area (Å²) >= 11 is 1.32. The van der Waals surface area contributed by atoms with E-state index in [0.29, 0.717) is 11.6 Å². The van der Waals surface area contributed by atoms with Gasteiger partial charge in [0, 0.05) is 32.5 Å². The number of carbonyl (C=O) groups excluding carboxylic acids is 1. The van der Waals surface area contributed by atoms with Gasteiger partial charge in [-0.25, -0.2) is 17.7 Å². The van der Waals surface area contributed by atoms with Crippen LogP contribution in [0.2, 0.25) is 0 Å². The zero-order valence-electron chi connectivity index (χ0n) is 14.2. The van der Waals surface area contributed by atoms with E-state index in [9.17, 15) is 13.2 Å². The highest BCUT2D eigenvalue weighted by Crippen LogP contribution is 2.24. The molecule has 0 saturated heterocycles. The standard InChI is InChI=1S/C16H23N3O3S2/c1-4-19(13-7-5-6-8-13)16(20)12-23-15-10-9-14(11-17-15)24(21,22)18(2)3/h7,9-11H,4-6,8,12H2,1-3H3. The number of carbonyl (C=O) groups is 1. The Labute approximate surface area is 148 Å². The summed E-state index contributed by atoms with van der Waals surface area (Å²) < 4.78 is 25.1. The Bertz CT molecular complexity index is 713. The van der Waals surface area contributed by atoms with E-state index >= 15 is 0 Å². The largest absolute Gasteiger partial charge is 0.316 e. The lowest BCUT2D eigenvalue weighted by Gasteiger charge is -2.22. The summed E-state index contributed by atoms with van der Waals surface area (Å²) in [5, 5.41) is 0.637. The third-order valence-corrected chi connectivity index (χ3v) is 6.54. The lowest BCUT2D eigenvalue weighted by atomic mass is 10.3. The molecule has 1 aliphatic carbocycles. The van der Waals surface area contributed by atoms with Crippen LogP contribution in [0.1, 0.15) is 26.2 Å². The van der Waals surface area contributed by atoms with Crippen LogP contribution in [0.25, 0.3) is 0 Å². The lowest BCUT2D eigenvalue weighted by molar-refractivity contribution is -0.126. The molecule has 6 nitrogen and oxygen atoms in total. The minimum absolute atomic E-state index is 0.0578. The van der Waals surface area contributed by atoms with Gasteiger partial charge >= 0.3 is 0 Å². The molecule has 0 aromatic carbocycles. The molecular formula is C16H23N3O3S2. The van der Waals surface area contributed by atoms with Gasteiger partial charge in [-0.1, -0.05) is 17.8 Å². The summed E-state index contributed by atoms with van der Waals surface area (Å²) in [5.41, 5.74) is 1.11. The van der Waals surface area contributed by atoms with Crippen LogP contribution in [-0.2, 0) is 14.8 Å². The van der Waals surface area contributed by atoms with Gasteiger partial charge in [-0.15, -0.1) is 0 Å². The number of amides is 1. The molecule has 1 amide bonds. The average molecular weight is 370 g/mol. The molecular weight excluding hydrogens is 346 g/mol. The van der Waals surface area contributed by atoms with E-state index < -0.39 is 10.0 Å². The third-order valence-electron chi connectivity index (χ3n) is 3.81. The highest BCUT2D eigenvalue weighted by molar-refractivity contribution is 7.99. The van der Waals surface area contributed by atoms with Gasteiger partial charge in [-0.3, -0.25) is 4.79 Å². The van der Waals surface area contributed by atoms with Crippen molar-refractivity contribution in [2.45, 2.75) is 36.1 Å². The molecule has 1 aromatic heterocycles. The smallest absolute Gasteiger partial charge is 0.244 e. The fraction of sp³-hybridized carbons (Fsp3) is 0.500.